The lowest BCUT2D eigenvalue weighted by atomic mass is 9.88. The van der Waals surface area contributed by atoms with E-state index < -0.39 is 0 Å². The highest BCUT2D eigenvalue weighted by atomic mass is 14.4. The maximum Gasteiger partial charge on any atom is 0.0840 e. The Morgan fingerprint density at radius 1 is 1.12 bits per heavy atom. The molecule has 0 aromatic heterocycles. The van der Waals surface area contributed by atoms with E-state index in [-0.39, 0.29) is 0 Å². The molecule has 1 rings (SSSR count). The van der Waals surface area contributed by atoms with Crippen molar-refractivity contribution in [1.29, 1.82) is 5.41 Å². The van der Waals surface area contributed by atoms with E-state index in [0.29, 0.717) is 11.6 Å². The first kappa shape index (κ1) is 13.3. The molecule has 0 aliphatic heterocycles. The molecule has 1 saturated carbocycles. The maximum absolute atomic E-state index is 8.01. The first-order valence-corrected chi connectivity index (χ1v) is 6.92. The van der Waals surface area contributed by atoms with Gasteiger partial charge in [-0.15, -0.1) is 0 Å². The Labute approximate surface area is 101 Å². The van der Waals surface area contributed by atoms with Gasteiger partial charge in [-0.1, -0.05) is 57.3 Å². The molecule has 0 saturated heterocycles. The summed E-state index contributed by atoms with van der Waals surface area (Å²) in [6.45, 7) is 2.18. The van der Waals surface area contributed by atoms with Gasteiger partial charge in [-0.25, -0.2) is 0 Å². The normalized spacial score (nSPS) is 18.1. The van der Waals surface area contributed by atoms with Crippen LogP contribution in [0.4, 0.5) is 0 Å². The molecule has 0 aromatic carbocycles. The van der Waals surface area contributed by atoms with Crippen LogP contribution in [0.25, 0.3) is 0 Å². The summed E-state index contributed by atoms with van der Waals surface area (Å²) < 4.78 is 0. The van der Waals surface area contributed by atoms with Crippen LogP contribution in [-0.4, -0.2) is 5.71 Å². The number of rotatable bonds is 3. The molecular weight excluding hydrogens is 194 g/mol. The first-order chi connectivity index (χ1) is 7.84. The highest BCUT2D eigenvalue weighted by molar-refractivity contribution is 5.99. The Balaban J connectivity index is 2.34. The lowest BCUT2D eigenvalue weighted by Gasteiger charge is -2.17. The number of hydrogen-bond donors (Lipinski definition) is 1. The highest BCUT2D eigenvalue weighted by Crippen LogP contribution is 2.22. The molecule has 16 heavy (non-hydrogen) atoms. The SMILES string of the molecule is CCCCC#CC(=N)C1CCCCCCC1. The van der Waals surface area contributed by atoms with Crippen LogP contribution < -0.4 is 0 Å². The number of hydrogen-bond acceptors (Lipinski definition) is 1. The fraction of sp³-hybridized carbons (Fsp3) is 0.800. The zero-order chi connectivity index (χ0) is 11.6. The van der Waals surface area contributed by atoms with Crippen molar-refractivity contribution >= 4 is 5.71 Å². The van der Waals surface area contributed by atoms with Crippen LogP contribution in [0.2, 0.25) is 0 Å². The van der Waals surface area contributed by atoms with Crippen molar-refractivity contribution in [3.05, 3.63) is 0 Å². The van der Waals surface area contributed by atoms with E-state index in [1.807, 2.05) is 0 Å². The summed E-state index contributed by atoms with van der Waals surface area (Å²) >= 11 is 0. The molecule has 0 spiro atoms. The van der Waals surface area contributed by atoms with E-state index >= 15 is 0 Å². The quantitative estimate of drug-likeness (QED) is 0.409. The summed E-state index contributed by atoms with van der Waals surface area (Å²) in [5.74, 6) is 6.68. The lowest BCUT2D eigenvalue weighted by molar-refractivity contribution is 0.453. The van der Waals surface area contributed by atoms with Gasteiger partial charge in [-0.2, -0.15) is 0 Å². The third-order valence-electron chi connectivity index (χ3n) is 3.39. The van der Waals surface area contributed by atoms with Gasteiger partial charge in [0.15, 0.2) is 0 Å². The van der Waals surface area contributed by atoms with Gasteiger partial charge in [0, 0.05) is 12.3 Å². The zero-order valence-electron chi connectivity index (χ0n) is 10.6. The van der Waals surface area contributed by atoms with Crippen molar-refractivity contribution in [2.75, 3.05) is 0 Å². The van der Waals surface area contributed by atoms with Crippen LogP contribution in [0.3, 0.4) is 0 Å². The minimum atomic E-state index is 0.467. The fourth-order valence-electron chi connectivity index (χ4n) is 2.27. The lowest BCUT2D eigenvalue weighted by Crippen LogP contribution is -2.13. The molecule has 1 aliphatic carbocycles. The van der Waals surface area contributed by atoms with Crippen LogP contribution in [0.1, 0.15) is 71.1 Å². The minimum absolute atomic E-state index is 0.467. The van der Waals surface area contributed by atoms with Crippen molar-refractivity contribution in [2.24, 2.45) is 5.92 Å². The molecule has 1 heteroatoms. The van der Waals surface area contributed by atoms with Crippen LogP contribution in [0.15, 0.2) is 0 Å². The molecule has 1 N–H and O–H groups in total. The maximum atomic E-state index is 8.01. The monoisotopic (exact) mass is 219 g/mol. The molecule has 1 nitrogen and oxygen atoms in total. The standard InChI is InChI=1S/C15H25N/c1-2-3-4-10-13-15(16)14-11-8-6-5-7-9-12-14/h14,16H,2-9,11-12H2,1H3. The van der Waals surface area contributed by atoms with Gasteiger partial charge in [-0.3, -0.25) is 5.41 Å². The summed E-state index contributed by atoms with van der Waals surface area (Å²) in [6, 6.07) is 0. The smallest absolute Gasteiger partial charge is 0.0840 e. The van der Waals surface area contributed by atoms with E-state index in [1.165, 1.54) is 57.8 Å². The Morgan fingerprint density at radius 3 is 2.38 bits per heavy atom. The van der Waals surface area contributed by atoms with E-state index in [4.69, 9.17) is 5.41 Å². The Kier molecular flexibility index (Phi) is 6.97. The molecule has 0 amide bonds. The molecule has 1 aliphatic rings. The topological polar surface area (TPSA) is 23.9 Å². The average Bonchev–Trinajstić information content (AvgIpc) is 2.23. The van der Waals surface area contributed by atoms with Crippen molar-refractivity contribution in [1.82, 2.24) is 0 Å². The van der Waals surface area contributed by atoms with Crippen LogP contribution in [0.5, 0.6) is 0 Å². The number of nitrogens with one attached hydrogen (secondary N) is 1. The predicted octanol–water partition coefficient (Wildman–Crippen LogP) is 4.56. The summed E-state index contributed by atoms with van der Waals surface area (Å²) in [6.07, 6.45) is 12.4. The predicted molar refractivity (Wildman–Crippen MR) is 70.8 cm³/mol. The van der Waals surface area contributed by atoms with Crippen molar-refractivity contribution in [3.8, 4) is 11.8 Å². The summed E-state index contributed by atoms with van der Waals surface area (Å²) in [7, 11) is 0. The van der Waals surface area contributed by atoms with Crippen molar-refractivity contribution < 1.29 is 0 Å². The third-order valence-corrected chi connectivity index (χ3v) is 3.39. The Hall–Kier alpha value is -0.770. The number of unbranched alkanes of at least 4 members (excludes halogenated alkanes) is 2. The van der Waals surface area contributed by atoms with Crippen LogP contribution in [0, 0.1) is 23.2 Å². The van der Waals surface area contributed by atoms with E-state index in [1.54, 1.807) is 0 Å². The van der Waals surface area contributed by atoms with E-state index in [0.717, 1.165) is 6.42 Å². The van der Waals surface area contributed by atoms with Crippen LogP contribution >= 0.6 is 0 Å². The molecule has 0 unspecified atom stereocenters. The van der Waals surface area contributed by atoms with Crippen molar-refractivity contribution in [3.63, 3.8) is 0 Å². The van der Waals surface area contributed by atoms with Gasteiger partial charge in [0.2, 0.25) is 0 Å². The second-order valence-corrected chi connectivity index (χ2v) is 4.86. The van der Waals surface area contributed by atoms with Crippen LogP contribution in [-0.2, 0) is 0 Å². The van der Waals surface area contributed by atoms with E-state index in [9.17, 15) is 0 Å². The average molecular weight is 219 g/mol. The molecule has 0 radical (unpaired) electrons. The minimum Gasteiger partial charge on any atom is -0.296 e. The van der Waals surface area contributed by atoms with Gasteiger partial charge in [-0.05, 0) is 19.3 Å². The Bertz CT molecular complexity index is 248. The highest BCUT2D eigenvalue weighted by Gasteiger charge is 2.14. The van der Waals surface area contributed by atoms with Gasteiger partial charge in [0.25, 0.3) is 0 Å². The molecule has 0 heterocycles. The second kappa shape index (κ2) is 8.39. The summed E-state index contributed by atoms with van der Waals surface area (Å²) in [5, 5.41) is 8.01. The van der Waals surface area contributed by atoms with Gasteiger partial charge >= 0.3 is 0 Å². The molecule has 90 valence electrons. The van der Waals surface area contributed by atoms with Gasteiger partial charge < -0.3 is 0 Å². The molecule has 1 fully saturated rings. The largest absolute Gasteiger partial charge is 0.296 e. The molecule has 0 aromatic rings. The fourth-order valence-corrected chi connectivity index (χ4v) is 2.27. The third kappa shape index (κ3) is 5.35. The summed E-state index contributed by atoms with van der Waals surface area (Å²) in [5.41, 5.74) is 0.706. The molecule has 0 bridgehead atoms. The molecule has 0 atom stereocenters. The Morgan fingerprint density at radius 2 is 1.75 bits per heavy atom. The molecular formula is C15H25N. The first-order valence-electron chi connectivity index (χ1n) is 6.92. The second-order valence-electron chi connectivity index (χ2n) is 4.86. The van der Waals surface area contributed by atoms with Crippen molar-refractivity contribution in [2.45, 2.75) is 71.1 Å². The van der Waals surface area contributed by atoms with Gasteiger partial charge in [0.1, 0.15) is 0 Å². The summed E-state index contributed by atoms with van der Waals surface area (Å²) in [4.78, 5) is 0. The van der Waals surface area contributed by atoms with Gasteiger partial charge in [0.05, 0.1) is 5.71 Å². The zero-order valence-corrected chi connectivity index (χ0v) is 10.6. The van der Waals surface area contributed by atoms with E-state index in [2.05, 4.69) is 18.8 Å².